The van der Waals surface area contributed by atoms with Gasteiger partial charge in [0, 0.05) is 26.4 Å². The summed E-state index contributed by atoms with van der Waals surface area (Å²) in [4.78, 5) is 1.11. The number of rotatable bonds is 4. The van der Waals surface area contributed by atoms with E-state index in [9.17, 15) is 4.39 Å². The number of nitrogens with one attached hydrogen (secondary N) is 1. The maximum absolute atomic E-state index is 13.8. The molecule has 1 heterocycles. The molecule has 0 saturated carbocycles. The number of hydrogen-bond donors (Lipinski definition) is 2. The lowest BCUT2D eigenvalue weighted by Crippen LogP contribution is -2.30. The van der Waals surface area contributed by atoms with Gasteiger partial charge in [0.25, 0.3) is 0 Å². The summed E-state index contributed by atoms with van der Waals surface area (Å²) in [6.07, 6.45) is 0.603. The second-order valence-corrected chi connectivity index (χ2v) is 6.07. The summed E-state index contributed by atoms with van der Waals surface area (Å²) in [6.45, 7) is 0. The summed E-state index contributed by atoms with van der Waals surface area (Å²) >= 11 is 10.9. The Hall–Kier alpha value is -0.460. The first-order valence-corrected chi connectivity index (χ1v) is 7.30. The minimum absolute atomic E-state index is 0.307. The first-order chi connectivity index (χ1) is 8.61. The summed E-state index contributed by atoms with van der Waals surface area (Å²) in [6, 6.07) is 6.13. The molecule has 1 aromatic heterocycles. The molecule has 1 atom stereocenters. The van der Waals surface area contributed by atoms with Crippen molar-refractivity contribution in [3.63, 3.8) is 0 Å². The quantitative estimate of drug-likeness (QED) is 0.645. The molecule has 3 N–H and O–H groups in total. The van der Waals surface area contributed by atoms with Gasteiger partial charge < -0.3 is 0 Å². The molecule has 0 aliphatic heterocycles. The van der Waals surface area contributed by atoms with E-state index < -0.39 is 0 Å². The van der Waals surface area contributed by atoms with E-state index >= 15 is 0 Å². The standard InChI is InChI=1S/C12H11BrClFN2S/c13-9-3-4-18-12(9)6-11(17-16)8-5-7(14)1-2-10(8)15/h1-5,11,17H,6,16H2. The summed E-state index contributed by atoms with van der Waals surface area (Å²) in [5.74, 6) is 5.21. The molecule has 18 heavy (non-hydrogen) atoms. The van der Waals surface area contributed by atoms with Crippen LogP contribution in [0.15, 0.2) is 34.1 Å². The Morgan fingerprint density at radius 2 is 2.22 bits per heavy atom. The molecule has 2 rings (SSSR count). The Morgan fingerprint density at radius 3 is 2.83 bits per heavy atom. The van der Waals surface area contributed by atoms with Crippen LogP contribution < -0.4 is 11.3 Å². The van der Waals surface area contributed by atoms with Crippen molar-refractivity contribution in [2.75, 3.05) is 0 Å². The van der Waals surface area contributed by atoms with Crippen molar-refractivity contribution >= 4 is 38.9 Å². The van der Waals surface area contributed by atoms with Crippen molar-refractivity contribution in [3.05, 3.63) is 55.4 Å². The van der Waals surface area contributed by atoms with Gasteiger partial charge in [-0.1, -0.05) is 11.6 Å². The summed E-state index contributed by atoms with van der Waals surface area (Å²) in [7, 11) is 0. The van der Waals surface area contributed by atoms with Crippen LogP contribution in [0, 0.1) is 5.82 Å². The van der Waals surface area contributed by atoms with E-state index in [1.807, 2.05) is 11.4 Å². The third-order valence-electron chi connectivity index (χ3n) is 2.62. The van der Waals surface area contributed by atoms with Gasteiger partial charge in [0.15, 0.2) is 0 Å². The van der Waals surface area contributed by atoms with Crippen molar-refractivity contribution in [1.29, 1.82) is 0 Å². The van der Waals surface area contributed by atoms with Gasteiger partial charge in [0.1, 0.15) is 5.82 Å². The predicted octanol–water partition coefficient (Wildman–Crippen LogP) is 4.05. The number of benzene rings is 1. The van der Waals surface area contributed by atoms with E-state index in [0.717, 1.165) is 9.35 Å². The highest BCUT2D eigenvalue weighted by atomic mass is 79.9. The summed E-state index contributed by atoms with van der Waals surface area (Å²) in [5, 5.41) is 2.47. The zero-order valence-corrected chi connectivity index (χ0v) is 12.4. The van der Waals surface area contributed by atoms with Crippen molar-refractivity contribution in [2.45, 2.75) is 12.5 Å². The van der Waals surface area contributed by atoms with Gasteiger partial charge in [-0.05, 0) is 45.6 Å². The first kappa shape index (κ1) is 14.0. The molecule has 2 nitrogen and oxygen atoms in total. The number of nitrogens with two attached hydrogens (primary N) is 1. The van der Waals surface area contributed by atoms with Crippen LogP contribution in [0.2, 0.25) is 5.02 Å². The minimum atomic E-state index is -0.310. The van der Waals surface area contributed by atoms with Gasteiger partial charge in [-0.2, -0.15) is 0 Å². The monoisotopic (exact) mass is 348 g/mol. The average Bonchev–Trinajstić information content (AvgIpc) is 2.75. The van der Waals surface area contributed by atoms with Crippen LogP contribution in [-0.4, -0.2) is 0 Å². The molecule has 0 spiro atoms. The third-order valence-corrected chi connectivity index (χ3v) is 4.80. The Bertz CT molecular complexity index is 547. The molecule has 1 unspecified atom stereocenters. The van der Waals surface area contributed by atoms with E-state index in [-0.39, 0.29) is 11.9 Å². The molecule has 0 bridgehead atoms. The van der Waals surface area contributed by atoms with Crippen molar-refractivity contribution in [2.24, 2.45) is 5.84 Å². The lowest BCUT2D eigenvalue weighted by Gasteiger charge is -2.17. The molecule has 2 aromatic rings. The lowest BCUT2D eigenvalue weighted by molar-refractivity contribution is 0.512. The number of hydrogen-bond acceptors (Lipinski definition) is 3. The highest BCUT2D eigenvalue weighted by molar-refractivity contribution is 9.10. The Morgan fingerprint density at radius 1 is 1.44 bits per heavy atom. The molecule has 0 amide bonds. The largest absolute Gasteiger partial charge is 0.271 e. The smallest absolute Gasteiger partial charge is 0.128 e. The fourth-order valence-corrected chi connectivity index (χ4v) is 3.44. The molecule has 0 fully saturated rings. The van der Waals surface area contributed by atoms with E-state index in [0.29, 0.717) is 17.0 Å². The van der Waals surface area contributed by atoms with Gasteiger partial charge in [0.2, 0.25) is 0 Å². The maximum atomic E-state index is 13.8. The van der Waals surface area contributed by atoms with Gasteiger partial charge >= 0.3 is 0 Å². The molecular weight excluding hydrogens is 339 g/mol. The molecule has 0 saturated heterocycles. The van der Waals surface area contributed by atoms with Crippen LogP contribution in [0.3, 0.4) is 0 Å². The Labute approximate surface area is 122 Å². The molecule has 0 aliphatic carbocycles. The first-order valence-electron chi connectivity index (χ1n) is 5.24. The highest BCUT2D eigenvalue weighted by Gasteiger charge is 2.17. The molecule has 96 valence electrons. The zero-order valence-electron chi connectivity index (χ0n) is 9.29. The van der Waals surface area contributed by atoms with Crippen molar-refractivity contribution in [3.8, 4) is 0 Å². The number of hydrazine groups is 1. The van der Waals surface area contributed by atoms with E-state index in [1.54, 1.807) is 17.4 Å². The van der Waals surface area contributed by atoms with Crippen LogP contribution >= 0.6 is 38.9 Å². The fourth-order valence-electron chi connectivity index (χ4n) is 1.70. The Kier molecular flexibility index (Phi) is 4.75. The second kappa shape index (κ2) is 6.12. The average molecular weight is 350 g/mol. The number of thiophene rings is 1. The highest BCUT2D eigenvalue weighted by Crippen LogP contribution is 2.29. The normalized spacial score (nSPS) is 12.7. The van der Waals surface area contributed by atoms with E-state index in [2.05, 4.69) is 21.4 Å². The molecule has 0 radical (unpaired) electrons. The molecule has 6 heteroatoms. The lowest BCUT2D eigenvalue weighted by atomic mass is 10.0. The van der Waals surface area contributed by atoms with E-state index in [1.165, 1.54) is 12.1 Å². The van der Waals surface area contributed by atoms with Crippen LogP contribution in [0.1, 0.15) is 16.5 Å². The SMILES string of the molecule is NNC(Cc1sccc1Br)c1cc(Cl)ccc1F. The molecule has 0 aliphatic rings. The molecular formula is C12H11BrClFN2S. The van der Waals surface area contributed by atoms with Gasteiger partial charge in [-0.15, -0.1) is 11.3 Å². The summed E-state index contributed by atoms with van der Waals surface area (Å²) in [5.41, 5.74) is 3.12. The van der Waals surface area contributed by atoms with Gasteiger partial charge in [-0.25, -0.2) is 4.39 Å². The van der Waals surface area contributed by atoms with Gasteiger partial charge in [0.05, 0.1) is 6.04 Å². The third kappa shape index (κ3) is 3.10. The van der Waals surface area contributed by atoms with Crippen LogP contribution in [0.5, 0.6) is 0 Å². The zero-order chi connectivity index (χ0) is 13.1. The van der Waals surface area contributed by atoms with Crippen molar-refractivity contribution in [1.82, 2.24) is 5.43 Å². The van der Waals surface area contributed by atoms with Crippen molar-refractivity contribution < 1.29 is 4.39 Å². The van der Waals surface area contributed by atoms with Gasteiger partial charge in [-0.3, -0.25) is 11.3 Å². The van der Waals surface area contributed by atoms with Crippen LogP contribution in [-0.2, 0) is 6.42 Å². The van der Waals surface area contributed by atoms with Crippen LogP contribution in [0.25, 0.3) is 0 Å². The number of halogens is 3. The maximum Gasteiger partial charge on any atom is 0.128 e. The predicted molar refractivity (Wildman–Crippen MR) is 77.2 cm³/mol. The Balaban J connectivity index is 2.28. The molecule has 1 aromatic carbocycles. The summed E-state index contributed by atoms with van der Waals surface area (Å²) < 4.78 is 14.8. The second-order valence-electron chi connectivity index (χ2n) is 3.78. The fraction of sp³-hybridized carbons (Fsp3) is 0.167. The van der Waals surface area contributed by atoms with E-state index in [4.69, 9.17) is 17.4 Å². The minimum Gasteiger partial charge on any atom is -0.271 e. The topological polar surface area (TPSA) is 38.0 Å². The van der Waals surface area contributed by atoms with Crippen LogP contribution in [0.4, 0.5) is 4.39 Å².